The Morgan fingerprint density at radius 3 is 2.80 bits per heavy atom. The van der Waals surface area contributed by atoms with E-state index in [2.05, 4.69) is 63.9 Å². The minimum absolute atomic E-state index is 0.796. The number of thioether (sulfide) groups is 1. The van der Waals surface area contributed by atoms with Gasteiger partial charge >= 0.3 is 0 Å². The molecule has 1 heterocycles. The van der Waals surface area contributed by atoms with Gasteiger partial charge < -0.3 is 20.4 Å². The van der Waals surface area contributed by atoms with Gasteiger partial charge in [-0.2, -0.15) is 0 Å². The number of hydrogen-bond donors (Lipinski definition) is 2. The maximum Gasteiger partial charge on any atom is 0.191 e. The van der Waals surface area contributed by atoms with Crippen molar-refractivity contribution in [2.24, 2.45) is 4.99 Å². The van der Waals surface area contributed by atoms with Gasteiger partial charge in [0.1, 0.15) is 0 Å². The highest BCUT2D eigenvalue weighted by Gasteiger charge is 2.11. The lowest BCUT2D eigenvalue weighted by atomic mass is 10.1. The molecule has 1 fully saturated rings. The summed E-state index contributed by atoms with van der Waals surface area (Å²) in [5.41, 5.74) is 2.62. The zero-order valence-electron chi connectivity index (χ0n) is 16.1. The fourth-order valence-electron chi connectivity index (χ4n) is 3.05. The van der Waals surface area contributed by atoms with Crippen LogP contribution < -0.4 is 10.6 Å². The third-order valence-electron chi connectivity index (χ3n) is 4.65. The van der Waals surface area contributed by atoms with E-state index in [9.17, 15) is 0 Å². The number of nitrogens with zero attached hydrogens (tertiary/aromatic N) is 3. The van der Waals surface area contributed by atoms with Gasteiger partial charge in [0.05, 0.1) is 0 Å². The van der Waals surface area contributed by atoms with Crippen LogP contribution in [0.3, 0.4) is 0 Å². The second kappa shape index (κ2) is 10.7. The molecule has 1 saturated heterocycles. The number of guanidine groups is 1. The highest BCUT2D eigenvalue weighted by atomic mass is 32.2. The van der Waals surface area contributed by atoms with Crippen molar-refractivity contribution in [1.82, 2.24) is 20.4 Å². The first-order chi connectivity index (χ1) is 12.1. The van der Waals surface area contributed by atoms with Gasteiger partial charge in [-0.05, 0) is 56.9 Å². The Kier molecular flexibility index (Phi) is 8.58. The van der Waals surface area contributed by atoms with E-state index in [1.807, 2.05) is 7.05 Å². The van der Waals surface area contributed by atoms with Crippen LogP contribution in [-0.2, 0) is 6.54 Å². The topological polar surface area (TPSA) is 42.9 Å². The molecule has 1 aliphatic heterocycles. The summed E-state index contributed by atoms with van der Waals surface area (Å²) in [6.07, 6.45) is 3.39. The average Bonchev–Trinajstić information content (AvgIpc) is 2.83. The van der Waals surface area contributed by atoms with Crippen molar-refractivity contribution in [2.45, 2.75) is 24.8 Å². The highest BCUT2D eigenvalue weighted by Crippen LogP contribution is 2.21. The van der Waals surface area contributed by atoms with Crippen LogP contribution in [0.25, 0.3) is 0 Å². The molecule has 1 aromatic rings. The lowest BCUT2D eigenvalue weighted by Gasteiger charge is -2.21. The monoisotopic (exact) mass is 363 g/mol. The molecule has 1 aliphatic rings. The Morgan fingerprint density at radius 2 is 2.04 bits per heavy atom. The van der Waals surface area contributed by atoms with Crippen LogP contribution in [0.5, 0.6) is 0 Å². The molecule has 0 saturated carbocycles. The largest absolute Gasteiger partial charge is 0.355 e. The van der Waals surface area contributed by atoms with Crippen LogP contribution in [0.4, 0.5) is 0 Å². The molecule has 2 N–H and O–H groups in total. The quantitative estimate of drug-likeness (QED) is 0.460. The Bertz CT molecular complexity index is 561. The molecule has 25 heavy (non-hydrogen) atoms. The van der Waals surface area contributed by atoms with Crippen molar-refractivity contribution in [1.29, 1.82) is 0 Å². The molecule has 0 radical (unpaired) electrons. The molecular formula is C19H33N5S. The fraction of sp³-hybridized carbons (Fsp3) is 0.632. The number of aliphatic imine (C=N–C) groups is 1. The van der Waals surface area contributed by atoms with Crippen molar-refractivity contribution in [3.8, 4) is 0 Å². The van der Waals surface area contributed by atoms with Crippen LogP contribution in [0.15, 0.2) is 28.1 Å². The SMILES string of the molecule is CN=C(NCCN1CCCN(C)CC1)NCc1ccc(C)cc1SC. The smallest absolute Gasteiger partial charge is 0.191 e. The fourth-order valence-corrected chi connectivity index (χ4v) is 3.76. The number of rotatable bonds is 6. The van der Waals surface area contributed by atoms with E-state index in [1.165, 1.54) is 35.5 Å². The van der Waals surface area contributed by atoms with Gasteiger partial charge in [0, 0.05) is 44.7 Å². The third-order valence-corrected chi connectivity index (χ3v) is 5.46. The van der Waals surface area contributed by atoms with E-state index in [0.29, 0.717) is 0 Å². The van der Waals surface area contributed by atoms with Gasteiger partial charge in [0.15, 0.2) is 5.96 Å². The Balaban J connectivity index is 1.75. The van der Waals surface area contributed by atoms with Crippen molar-refractivity contribution in [3.05, 3.63) is 29.3 Å². The van der Waals surface area contributed by atoms with Gasteiger partial charge in [-0.1, -0.05) is 12.1 Å². The first-order valence-electron chi connectivity index (χ1n) is 9.11. The molecule has 140 valence electrons. The Morgan fingerprint density at radius 1 is 1.20 bits per heavy atom. The van der Waals surface area contributed by atoms with Gasteiger partial charge in [-0.3, -0.25) is 4.99 Å². The lowest BCUT2D eigenvalue weighted by molar-refractivity contribution is 0.280. The summed E-state index contributed by atoms with van der Waals surface area (Å²) in [6.45, 7) is 9.65. The summed E-state index contributed by atoms with van der Waals surface area (Å²) < 4.78 is 0. The molecule has 5 nitrogen and oxygen atoms in total. The van der Waals surface area contributed by atoms with Crippen LogP contribution >= 0.6 is 11.8 Å². The van der Waals surface area contributed by atoms with E-state index in [4.69, 9.17) is 0 Å². The van der Waals surface area contributed by atoms with E-state index in [0.717, 1.165) is 38.7 Å². The van der Waals surface area contributed by atoms with E-state index in [-0.39, 0.29) is 0 Å². The predicted molar refractivity (Wildman–Crippen MR) is 110 cm³/mol. The van der Waals surface area contributed by atoms with E-state index < -0.39 is 0 Å². The normalized spacial score (nSPS) is 17.4. The number of likely N-dealkylation sites (N-methyl/N-ethyl adjacent to an activating group) is 1. The third kappa shape index (κ3) is 6.88. The molecule has 0 atom stereocenters. The van der Waals surface area contributed by atoms with Crippen LogP contribution in [0.2, 0.25) is 0 Å². The van der Waals surface area contributed by atoms with Crippen molar-refractivity contribution in [2.75, 3.05) is 59.6 Å². The molecule has 0 unspecified atom stereocenters. The zero-order valence-corrected chi connectivity index (χ0v) is 17.0. The molecule has 0 amide bonds. The van der Waals surface area contributed by atoms with Crippen LogP contribution in [0, 0.1) is 6.92 Å². The summed E-state index contributed by atoms with van der Waals surface area (Å²) in [5, 5.41) is 6.88. The molecule has 0 aromatic heterocycles. The number of benzene rings is 1. The summed E-state index contributed by atoms with van der Waals surface area (Å²) in [6, 6.07) is 6.62. The van der Waals surface area contributed by atoms with Gasteiger partial charge in [0.2, 0.25) is 0 Å². The highest BCUT2D eigenvalue weighted by molar-refractivity contribution is 7.98. The van der Waals surface area contributed by atoms with Gasteiger partial charge in [-0.15, -0.1) is 11.8 Å². The maximum atomic E-state index is 4.35. The number of hydrogen-bond acceptors (Lipinski definition) is 4. The molecule has 1 aromatic carbocycles. The summed E-state index contributed by atoms with van der Waals surface area (Å²) in [4.78, 5) is 10.6. The van der Waals surface area contributed by atoms with Crippen molar-refractivity contribution in [3.63, 3.8) is 0 Å². The molecule has 0 bridgehead atoms. The molecule has 6 heteroatoms. The maximum absolute atomic E-state index is 4.35. The summed E-state index contributed by atoms with van der Waals surface area (Å²) >= 11 is 1.80. The van der Waals surface area contributed by atoms with E-state index >= 15 is 0 Å². The molecule has 2 rings (SSSR count). The summed E-state index contributed by atoms with van der Waals surface area (Å²) in [7, 11) is 4.04. The molecule has 0 spiro atoms. The summed E-state index contributed by atoms with van der Waals surface area (Å²) in [5.74, 6) is 0.875. The van der Waals surface area contributed by atoms with Crippen molar-refractivity contribution >= 4 is 17.7 Å². The minimum atomic E-state index is 0.796. The zero-order chi connectivity index (χ0) is 18.1. The van der Waals surface area contributed by atoms with E-state index in [1.54, 1.807) is 11.8 Å². The minimum Gasteiger partial charge on any atom is -0.355 e. The predicted octanol–water partition coefficient (Wildman–Crippen LogP) is 2.02. The molecule has 0 aliphatic carbocycles. The van der Waals surface area contributed by atoms with Gasteiger partial charge in [0.25, 0.3) is 0 Å². The average molecular weight is 364 g/mol. The van der Waals surface area contributed by atoms with Gasteiger partial charge in [-0.25, -0.2) is 0 Å². The first-order valence-corrected chi connectivity index (χ1v) is 10.3. The second-order valence-corrected chi connectivity index (χ2v) is 7.51. The van der Waals surface area contributed by atoms with Crippen molar-refractivity contribution < 1.29 is 0 Å². The Labute approximate surface area is 157 Å². The van der Waals surface area contributed by atoms with Crippen LogP contribution in [-0.4, -0.2) is 75.4 Å². The standard InChI is InChI=1S/C19H33N5S/c1-16-6-7-17(18(14-16)25-4)15-22-19(20-2)21-8-11-24-10-5-9-23(3)12-13-24/h6-7,14H,5,8-13,15H2,1-4H3,(H2,20,21,22). The molecular weight excluding hydrogens is 330 g/mol. The second-order valence-electron chi connectivity index (χ2n) is 6.67. The van der Waals surface area contributed by atoms with Crippen LogP contribution in [0.1, 0.15) is 17.5 Å². The number of aryl methyl sites for hydroxylation is 1. The first kappa shape index (κ1) is 20.1. The Hall–Kier alpha value is -1.24. The lowest BCUT2D eigenvalue weighted by Crippen LogP contribution is -2.42. The number of nitrogens with one attached hydrogen (secondary N) is 2.